The van der Waals surface area contributed by atoms with Gasteiger partial charge in [0, 0.05) is 11.3 Å². The molecule has 0 saturated carbocycles. The molecular formula is C16H13BrN4O2. The Kier molecular flexibility index (Phi) is 3.96. The van der Waals surface area contributed by atoms with E-state index in [0.29, 0.717) is 16.7 Å². The molecule has 7 heteroatoms. The van der Waals surface area contributed by atoms with Crippen LogP contribution in [-0.4, -0.2) is 31.6 Å². The summed E-state index contributed by atoms with van der Waals surface area (Å²) in [4.78, 5) is 31.8. The maximum absolute atomic E-state index is 11.7. The zero-order valence-corrected chi connectivity index (χ0v) is 13.9. The zero-order chi connectivity index (χ0) is 16.6. The summed E-state index contributed by atoms with van der Waals surface area (Å²) in [6.45, 7) is 1.85. The SMILES string of the molecule is Cc1nc2ccc(C(N)=O)nc2n1-c1ccc(C(=O)CBr)cc1. The first-order valence-corrected chi connectivity index (χ1v) is 7.99. The van der Waals surface area contributed by atoms with Gasteiger partial charge in [-0.1, -0.05) is 15.9 Å². The van der Waals surface area contributed by atoms with Crippen molar-refractivity contribution >= 4 is 38.8 Å². The van der Waals surface area contributed by atoms with Gasteiger partial charge in [-0.2, -0.15) is 0 Å². The minimum absolute atomic E-state index is 0.0119. The molecule has 3 aromatic rings. The summed E-state index contributed by atoms with van der Waals surface area (Å²) in [7, 11) is 0. The fraction of sp³-hybridized carbons (Fsp3) is 0.125. The van der Waals surface area contributed by atoms with E-state index < -0.39 is 5.91 Å². The molecule has 1 aromatic carbocycles. The molecule has 0 saturated heterocycles. The lowest BCUT2D eigenvalue weighted by Gasteiger charge is -2.07. The summed E-state index contributed by atoms with van der Waals surface area (Å²) < 4.78 is 1.82. The molecule has 0 spiro atoms. The van der Waals surface area contributed by atoms with Crippen molar-refractivity contribution in [2.24, 2.45) is 5.73 Å². The van der Waals surface area contributed by atoms with Crippen molar-refractivity contribution in [2.45, 2.75) is 6.92 Å². The molecule has 0 radical (unpaired) electrons. The predicted octanol–water partition coefficient (Wildman–Crippen LogP) is 2.41. The number of amides is 1. The minimum Gasteiger partial charge on any atom is -0.364 e. The first-order valence-electron chi connectivity index (χ1n) is 6.87. The van der Waals surface area contributed by atoms with Gasteiger partial charge in [-0.05, 0) is 43.3 Å². The third-order valence-corrected chi connectivity index (χ3v) is 4.00. The van der Waals surface area contributed by atoms with Crippen molar-refractivity contribution in [1.82, 2.24) is 14.5 Å². The zero-order valence-electron chi connectivity index (χ0n) is 12.3. The highest BCUT2D eigenvalue weighted by atomic mass is 79.9. The van der Waals surface area contributed by atoms with Crippen LogP contribution < -0.4 is 5.73 Å². The Labute approximate surface area is 140 Å². The van der Waals surface area contributed by atoms with Crippen LogP contribution in [0.2, 0.25) is 0 Å². The van der Waals surface area contributed by atoms with E-state index in [2.05, 4.69) is 25.9 Å². The molecule has 0 aliphatic heterocycles. The molecule has 1 amide bonds. The third kappa shape index (κ3) is 2.75. The van der Waals surface area contributed by atoms with Crippen molar-refractivity contribution in [3.05, 3.63) is 53.5 Å². The van der Waals surface area contributed by atoms with Crippen LogP contribution in [0.1, 0.15) is 26.7 Å². The number of benzene rings is 1. The maximum Gasteiger partial charge on any atom is 0.267 e. The molecule has 23 heavy (non-hydrogen) atoms. The molecule has 0 aliphatic carbocycles. The van der Waals surface area contributed by atoms with Gasteiger partial charge in [-0.3, -0.25) is 14.2 Å². The monoisotopic (exact) mass is 372 g/mol. The highest BCUT2D eigenvalue weighted by Crippen LogP contribution is 2.20. The number of fused-ring (bicyclic) bond motifs is 1. The summed E-state index contributed by atoms with van der Waals surface area (Å²) in [5, 5.41) is 0.281. The average Bonchev–Trinajstić information content (AvgIpc) is 2.89. The number of alkyl halides is 1. The number of pyridine rings is 1. The van der Waals surface area contributed by atoms with Crippen LogP contribution in [0.5, 0.6) is 0 Å². The number of Topliss-reactive ketones (excluding diaryl/α,β-unsaturated/α-hetero) is 1. The van der Waals surface area contributed by atoms with Gasteiger partial charge < -0.3 is 5.73 Å². The number of hydrogen-bond acceptors (Lipinski definition) is 4. The van der Waals surface area contributed by atoms with Gasteiger partial charge in [0.15, 0.2) is 11.4 Å². The molecule has 0 fully saturated rings. The van der Waals surface area contributed by atoms with E-state index >= 15 is 0 Å². The lowest BCUT2D eigenvalue weighted by molar-refractivity contribution is 0.0993. The predicted molar refractivity (Wildman–Crippen MR) is 90.2 cm³/mol. The van der Waals surface area contributed by atoms with Gasteiger partial charge >= 0.3 is 0 Å². The van der Waals surface area contributed by atoms with Gasteiger partial charge in [0.2, 0.25) is 0 Å². The smallest absolute Gasteiger partial charge is 0.267 e. The van der Waals surface area contributed by atoms with Crippen molar-refractivity contribution in [1.29, 1.82) is 0 Å². The Morgan fingerprint density at radius 1 is 1.13 bits per heavy atom. The Balaban J connectivity index is 2.15. The standard InChI is InChI=1S/C16H13BrN4O2/c1-9-19-13-7-6-12(15(18)23)20-16(13)21(9)11-4-2-10(3-5-11)14(22)8-17/h2-7H,8H2,1H3,(H2,18,23). The normalized spacial score (nSPS) is 10.9. The molecule has 2 heterocycles. The topological polar surface area (TPSA) is 90.9 Å². The first-order chi connectivity index (χ1) is 11.0. The Morgan fingerprint density at radius 3 is 2.43 bits per heavy atom. The van der Waals surface area contributed by atoms with Gasteiger partial charge in [-0.25, -0.2) is 9.97 Å². The highest BCUT2D eigenvalue weighted by molar-refractivity contribution is 9.09. The summed E-state index contributed by atoms with van der Waals surface area (Å²) in [6, 6.07) is 10.4. The average molecular weight is 373 g/mol. The summed E-state index contributed by atoms with van der Waals surface area (Å²) >= 11 is 3.16. The van der Waals surface area contributed by atoms with Crippen LogP contribution in [-0.2, 0) is 0 Å². The fourth-order valence-electron chi connectivity index (χ4n) is 2.39. The van der Waals surface area contributed by atoms with Gasteiger partial charge in [0.25, 0.3) is 5.91 Å². The second-order valence-corrected chi connectivity index (χ2v) is 5.56. The highest BCUT2D eigenvalue weighted by Gasteiger charge is 2.13. The molecule has 0 unspecified atom stereocenters. The van der Waals surface area contributed by atoms with E-state index in [1.54, 1.807) is 24.3 Å². The number of hydrogen-bond donors (Lipinski definition) is 1. The molecular weight excluding hydrogens is 360 g/mol. The van der Waals surface area contributed by atoms with Crippen LogP contribution in [0.25, 0.3) is 16.9 Å². The summed E-state index contributed by atoms with van der Waals surface area (Å²) in [6.07, 6.45) is 0. The Hall–Kier alpha value is -2.54. The van der Waals surface area contributed by atoms with E-state index in [1.807, 2.05) is 23.6 Å². The maximum atomic E-state index is 11.7. The Morgan fingerprint density at radius 2 is 1.83 bits per heavy atom. The number of rotatable bonds is 4. The van der Waals surface area contributed by atoms with Crippen molar-refractivity contribution < 1.29 is 9.59 Å². The largest absolute Gasteiger partial charge is 0.364 e. The fourth-order valence-corrected chi connectivity index (χ4v) is 2.71. The van der Waals surface area contributed by atoms with Crippen LogP contribution in [0, 0.1) is 6.92 Å². The molecule has 3 rings (SSSR count). The number of primary amides is 1. The molecule has 116 valence electrons. The van der Waals surface area contributed by atoms with Gasteiger partial charge in [-0.15, -0.1) is 0 Å². The molecule has 2 N–H and O–H groups in total. The van der Waals surface area contributed by atoms with E-state index in [0.717, 1.165) is 11.5 Å². The lowest BCUT2D eigenvalue weighted by Crippen LogP contribution is -2.13. The number of nitrogens with two attached hydrogens (primary N) is 1. The summed E-state index contributed by atoms with van der Waals surface area (Å²) in [5.41, 5.74) is 8.14. The van der Waals surface area contributed by atoms with E-state index in [-0.39, 0.29) is 16.8 Å². The van der Waals surface area contributed by atoms with E-state index in [9.17, 15) is 9.59 Å². The number of aromatic nitrogens is 3. The van der Waals surface area contributed by atoms with Crippen LogP contribution in [0.3, 0.4) is 0 Å². The second kappa shape index (κ2) is 5.92. The number of halogens is 1. The molecule has 6 nitrogen and oxygen atoms in total. The molecule has 0 aliphatic rings. The molecule has 2 aromatic heterocycles. The Bertz CT molecular complexity index is 916. The van der Waals surface area contributed by atoms with Crippen molar-refractivity contribution in [2.75, 3.05) is 5.33 Å². The quantitative estimate of drug-likeness (QED) is 0.562. The molecule has 0 atom stereocenters. The van der Waals surface area contributed by atoms with E-state index in [4.69, 9.17) is 5.73 Å². The number of imidazole rings is 1. The third-order valence-electron chi connectivity index (χ3n) is 3.49. The van der Waals surface area contributed by atoms with Crippen molar-refractivity contribution in [3.8, 4) is 5.69 Å². The van der Waals surface area contributed by atoms with Gasteiger partial charge in [0.05, 0.1) is 5.33 Å². The second-order valence-electron chi connectivity index (χ2n) is 5.00. The number of aryl methyl sites for hydroxylation is 1. The number of carbonyl (C=O) groups is 2. The molecule has 0 bridgehead atoms. The van der Waals surface area contributed by atoms with E-state index in [1.165, 1.54) is 0 Å². The van der Waals surface area contributed by atoms with Crippen LogP contribution >= 0.6 is 15.9 Å². The lowest BCUT2D eigenvalue weighted by atomic mass is 10.1. The van der Waals surface area contributed by atoms with Crippen LogP contribution in [0.4, 0.5) is 0 Å². The minimum atomic E-state index is -0.587. The number of ketones is 1. The summed E-state index contributed by atoms with van der Waals surface area (Å²) in [5.74, 6) is 0.155. The first kappa shape index (κ1) is 15.4. The van der Waals surface area contributed by atoms with Crippen molar-refractivity contribution in [3.63, 3.8) is 0 Å². The number of nitrogens with zero attached hydrogens (tertiary/aromatic N) is 3. The number of carbonyl (C=O) groups excluding carboxylic acids is 2. The van der Waals surface area contributed by atoms with Gasteiger partial charge in [0.1, 0.15) is 17.0 Å². The van der Waals surface area contributed by atoms with Crippen LogP contribution in [0.15, 0.2) is 36.4 Å².